The van der Waals surface area contributed by atoms with Gasteiger partial charge in [-0.1, -0.05) is 11.8 Å². The number of aliphatic carboxylic acids is 1. The zero-order valence-electron chi connectivity index (χ0n) is 10.8. The summed E-state index contributed by atoms with van der Waals surface area (Å²) in [5.74, 6) is -0.546. The van der Waals surface area contributed by atoms with Gasteiger partial charge in [0.1, 0.15) is 11.4 Å². The van der Waals surface area contributed by atoms with Crippen molar-refractivity contribution in [1.82, 2.24) is 14.8 Å². The van der Waals surface area contributed by atoms with Crippen molar-refractivity contribution in [2.45, 2.75) is 43.3 Å². The molecule has 0 unspecified atom stereocenters. The molecule has 1 aromatic heterocycles. The molecule has 19 heavy (non-hydrogen) atoms. The lowest BCUT2D eigenvalue weighted by atomic mass is 10.0. The number of carbonyl (C=O) groups is 2. The fourth-order valence-electron chi connectivity index (χ4n) is 1.74. The highest BCUT2D eigenvalue weighted by Gasteiger charge is 2.38. The fourth-order valence-corrected chi connectivity index (χ4v) is 2.54. The minimum absolute atomic E-state index is 0.127. The molecule has 1 aromatic rings. The molecule has 104 valence electrons. The Balaban J connectivity index is 2.38. The standard InChI is InChI=1S/C11H16N4O3S/c1-11(2,9(12)18)15-8(6-3-4-6)13-14-10(15)19-5-7(16)17/h6H,3-5H2,1-2H3,(H2,12,18)(H,16,17). The van der Waals surface area contributed by atoms with Crippen molar-refractivity contribution in [2.75, 3.05) is 5.75 Å². The molecule has 8 heteroatoms. The Morgan fingerprint density at radius 1 is 1.47 bits per heavy atom. The second-order valence-electron chi connectivity index (χ2n) is 5.06. The molecule has 3 N–H and O–H groups in total. The maximum Gasteiger partial charge on any atom is 0.313 e. The molecule has 0 bridgehead atoms. The normalized spacial score (nSPS) is 15.5. The van der Waals surface area contributed by atoms with Gasteiger partial charge in [0.2, 0.25) is 5.91 Å². The summed E-state index contributed by atoms with van der Waals surface area (Å²) in [4.78, 5) is 22.3. The third kappa shape index (κ3) is 2.73. The summed E-state index contributed by atoms with van der Waals surface area (Å²) in [5, 5.41) is 17.3. The van der Waals surface area contributed by atoms with Gasteiger partial charge in [-0.15, -0.1) is 10.2 Å². The van der Waals surface area contributed by atoms with Gasteiger partial charge in [-0.2, -0.15) is 0 Å². The summed E-state index contributed by atoms with van der Waals surface area (Å²) >= 11 is 1.05. The van der Waals surface area contributed by atoms with E-state index in [1.54, 1.807) is 18.4 Å². The molecular weight excluding hydrogens is 268 g/mol. The average Bonchev–Trinajstić information content (AvgIpc) is 3.06. The molecule has 0 spiro atoms. The summed E-state index contributed by atoms with van der Waals surface area (Å²) in [6.07, 6.45) is 2.02. The monoisotopic (exact) mass is 284 g/mol. The first-order valence-electron chi connectivity index (χ1n) is 5.94. The molecule has 0 radical (unpaired) electrons. The molecule has 1 saturated carbocycles. The van der Waals surface area contributed by atoms with E-state index in [1.165, 1.54) is 0 Å². The predicted octanol–water partition coefficient (Wildman–Crippen LogP) is 0.553. The molecule has 7 nitrogen and oxygen atoms in total. The number of hydrogen-bond acceptors (Lipinski definition) is 5. The van der Waals surface area contributed by atoms with E-state index in [1.807, 2.05) is 0 Å². The molecule has 1 aliphatic carbocycles. The Labute approximate surface area is 114 Å². The second kappa shape index (κ2) is 4.84. The van der Waals surface area contributed by atoms with Crippen LogP contribution in [0.3, 0.4) is 0 Å². The lowest BCUT2D eigenvalue weighted by Gasteiger charge is -2.25. The Bertz CT molecular complexity index is 522. The highest BCUT2D eigenvalue weighted by molar-refractivity contribution is 7.99. The van der Waals surface area contributed by atoms with Gasteiger partial charge in [-0.05, 0) is 26.7 Å². The van der Waals surface area contributed by atoms with Crippen molar-refractivity contribution in [3.05, 3.63) is 5.82 Å². The van der Waals surface area contributed by atoms with Crippen LogP contribution in [-0.2, 0) is 15.1 Å². The average molecular weight is 284 g/mol. The van der Waals surface area contributed by atoms with Gasteiger partial charge in [0, 0.05) is 5.92 Å². The Morgan fingerprint density at radius 3 is 2.58 bits per heavy atom. The van der Waals surface area contributed by atoms with Crippen LogP contribution in [-0.4, -0.2) is 37.5 Å². The first kappa shape index (κ1) is 13.9. The number of nitrogens with zero attached hydrogens (tertiary/aromatic N) is 3. The minimum Gasteiger partial charge on any atom is -0.481 e. The SMILES string of the molecule is CC(C)(C(N)=O)n1c(SCC(=O)O)nnc1C1CC1. The van der Waals surface area contributed by atoms with Gasteiger partial charge in [-0.25, -0.2) is 0 Å². The van der Waals surface area contributed by atoms with Gasteiger partial charge in [0.05, 0.1) is 5.75 Å². The molecule has 0 aliphatic heterocycles. The predicted molar refractivity (Wildman–Crippen MR) is 68.9 cm³/mol. The Morgan fingerprint density at radius 2 is 2.11 bits per heavy atom. The van der Waals surface area contributed by atoms with Crippen LogP contribution in [0.1, 0.15) is 38.4 Å². The smallest absolute Gasteiger partial charge is 0.313 e. The van der Waals surface area contributed by atoms with Crippen LogP contribution in [0.2, 0.25) is 0 Å². The maximum absolute atomic E-state index is 11.6. The molecular formula is C11H16N4O3S. The van der Waals surface area contributed by atoms with E-state index >= 15 is 0 Å². The van der Waals surface area contributed by atoms with Crippen LogP contribution in [0.25, 0.3) is 0 Å². The largest absolute Gasteiger partial charge is 0.481 e. The summed E-state index contributed by atoms with van der Waals surface area (Å²) in [6, 6.07) is 0. The van der Waals surface area contributed by atoms with Crippen LogP contribution in [0.15, 0.2) is 5.16 Å². The van der Waals surface area contributed by atoms with Gasteiger partial charge in [-0.3, -0.25) is 14.2 Å². The Kier molecular flexibility index (Phi) is 3.53. The zero-order chi connectivity index (χ0) is 14.2. The fraction of sp³-hybridized carbons (Fsp3) is 0.636. The van der Waals surface area contributed by atoms with E-state index in [-0.39, 0.29) is 5.75 Å². The number of thioether (sulfide) groups is 1. The van der Waals surface area contributed by atoms with Crippen molar-refractivity contribution >= 4 is 23.6 Å². The molecule has 0 saturated heterocycles. The van der Waals surface area contributed by atoms with Crippen LogP contribution >= 0.6 is 11.8 Å². The lowest BCUT2D eigenvalue weighted by molar-refractivity contribution is -0.133. The van der Waals surface area contributed by atoms with Crippen LogP contribution in [0, 0.1) is 0 Å². The summed E-state index contributed by atoms with van der Waals surface area (Å²) in [6.45, 7) is 3.38. The van der Waals surface area contributed by atoms with E-state index < -0.39 is 17.4 Å². The number of hydrogen-bond donors (Lipinski definition) is 2. The first-order valence-corrected chi connectivity index (χ1v) is 6.93. The van der Waals surface area contributed by atoms with E-state index in [4.69, 9.17) is 10.8 Å². The molecule has 0 aromatic carbocycles. The third-order valence-corrected chi connectivity index (χ3v) is 4.00. The lowest BCUT2D eigenvalue weighted by Crippen LogP contribution is -2.42. The topological polar surface area (TPSA) is 111 Å². The molecule has 0 atom stereocenters. The third-order valence-electron chi connectivity index (χ3n) is 3.09. The molecule has 1 heterocycles. The van der Waals surface area contributed by atoms with E-state index in [0.29, 0.717) is 11.1 Å². The number of rotatable bonds is 6. The van der Waals surface area contributed by atoms with E-state index in [0.717, 1.165) is 30.4 Å². The van der Waals surface area contributed by atoms with Gasteiger partial charge in [0.25, 0.3) is 0 Å². The number of carbonyl (C=O) groups excluding carboxylic acids is 1. The number of primary amides is 1. The highest BCUT2D eigenvalue weighted by atomic mass is 32.2. The first-order chi connectivity index (χ1) is 8.84. The molecule has 2 rings (SSSR count). The van der Waals surface area contributed by atoms with Crippen LogP contribution < -0.4 is 5.73 Å². The van der Waals surface area contributed by atoms with Crippen molar-refractivity contribution in [3.63, 3.8) is 0 Å². The second-order valence-corrected chi connectivity index (χ2v) is 6.00. The van der Waals surface area contributed by atoms with Crippen molar-refractivity contribution in [2.24, 2.45) is 5.73 Å². The van der Waals surface area contributed by atoms with Gasteiger partial charge >= 0.3 is 5.97 Å². The number of amides is 1. The minimum atomic E-state index is -0.970. The van der Waals surface area contributed by atoms with Gasteiger partial charge in [0.15, 0.2) is 5.16 Å². The number of carboxylic acid groups (broad SMARTS) is 1. The summed E-state index contributed by atoms with van der Waals surface area (Å²) in [5.41, 5.74) is 4.46. The van der Waals surface area contributed by atoms with Gasteiger partial charge < -0.3 is 10.8 Å². The van der Waals surface area contributed by atoms with Crippen molar-refractivity contribution < 1.29 is 14.7 Å². The molecule has 1 fully saturated rings. The van der Waals surface area contributed by atoms with Crippen molar-refractivity contribution in [1.29, 1.82) is 0 Å². The zero-order valence-corrected chi connectivity index (χ0v) is 11.6. The number of nitrogens with two attached hydrogens (primary N) is 1. The highest BCUT2D eigenvalue weighted by Crippen LogP contribution is 2.42. The van der Waals surface area contributed by atoms with Crippen LogP contribution in [0.4, 0.5) is 0 Å². The van der Waals surface area contributed by atoms with E-state index in [9.17, 15) is 9.59 Å². The quantitative estimate of drug-likeness (QED) is 0.738. The maximum atomic E-state index is 11.6. The van der Waals surface area contributed by atoms with E-state index in [2.05, 4.69) is 10.2 Å². The summed E-state index contributed by atoms with van der Waals surface area (Å²) < 4.78 is 1.68. The molecule has 1 aliphatic rings. The number of aromatic nitrogens is 3. The van der Waals surface area contributed by atoms with Crippen molar-refractivity contribution in [3.8, 4) is 0 Å². The summed E-state index contributed by atoms with van der Waals surface area (Å²) in [7, 11) is 0. The van der Waals surface area contributed by atoms with Crippen LogP contribution in [0.5, 0.6) is 0 Å². The Hall–Kier alpha value is -1.57. The number of carboxylic acids is 1. The molecule has 1 amide bonds.